The topological polar surface area (TPSA) is 30.5 Å². The molecule has 0 unspecified atom stereocenters. The van der Waals surface area contributed by atoms with Gasteiger partial charge in [-0.15, -0.1) is 5.92 Å². The fraction of sp³-hybridized carbons (Fsp3) is 0.500. The first-order valence-electron chi connectivity index (χ1n) is 6.68. The summed E-state index contributed by atoms with van der Waals surface area (Å²) in [5.41, 5.74) is 0.980. The van der Waals surface area contributed by atoms with Gasteiger partial charge in [0, 0.05) is 23.2 Å². The number of nitrogens with one attached hydrogen (secondary N) is 1. The van der Waals surface area contributed by atoms with Crippen LogP contribution in [-0.2, 0) is 6.54 Å². The van der Waals surface area contributed by atoms with E-state index in [-0.39, 0.29) is 0 Å². The molecular formula is C16H22ClNO2. The quantitative estimate of drug-likeness (QED) is 0.781. The highest BCUT2D eigenvalue weighted by atomic mass is 35.5. The summed E-state index contributed by atoms with van der Waals surface area (Å²) in [4.78, 5) is 0. The fourth-order valence-electron chi connectivity index (χ4n) is 1.75. The molecule has 0 spiro atoms. The molecule has 0 saturated carbocycles. The van der Waals surface area contributed by atoms with E-state index in [1.807, 2.05) is 6.07 Å². The van der Waals surface area contributed by atoms with Gasteiger partial charge in [-0.2, -0.15) is 0 Å². The molecule has 1 aromatic rings. The second-order valence-corrected chi connectivity index (χ2v) is 5.27. The molecule has 0 amide bonds. The summed E-state index contributed by atoms with van der Waals surface area (Å²) in [7, 11) is 1.61. The predicted octanol–water partition coefficient (Wildman–Crippen LogP) is 3.50. The molecule has 0 aromatic heterocycles. The molecule has 0 aliphatic rings. The van der Waals surface area contributed by atoms with Crippen LogP contribution in [0.25, 0.3) is 0 Å². The molecule has 0 fully saturated rings. The maximum atomic E-state index is 6.11. The van der Waals surface area contributed by atoms with Gasteiger partial charge in [0.15, 0.2) is 11.5 Å². The Morgan fingerprint density at radius 1 is 1.35 bits per heavy atom. The van der Waals surface area contributed by atoms with E-state index in [9.17, 15) is 0 Å². The Balaban J connectivity index is 2.91. The molecular weight excluding hydrogens is 274 g/mol. The molecule has 0 saturated heterocycles. The normalized spacial score (nSPS) is 10.1. The standard InChI is InChI=1S/C16H22ClNO2/c1-5-6-7-20-16-13(11-18-10-12(2)3)8-14(17)9-15(16)19-4/h8-9,12,18H,7,10-11H2,1-4H3. The number of ether oxygens (including phenoxy) is 2. The molecule has 0 atom stereocenters. The van der Waals surface area contributed by atoms with Gasteiger partial charge in [0.25, 0.3) is 0 Å². The molecule has 0 heterocycles. The minimum atomic E-state index is 0.339. The van der Waals surface area contributed by atoms with Crippen molar-refractivity contribution in [1.29, 1.82) is 0 Å². The van der Waals surface area contributed by atoms with E-state index in [2.05, 4.69) is 31.0 Å². The number of benzene rings is 1. The van der Waals surface area contributed by atoms with Gasteiger partial charge >= 0.3 is 0 Å². The van der Waals surface area contributed by atoms with Crippen LogP contribution in [0.1, 0.15) is 26.3 Å². The van der Waals surface area contributed by atoms with E-state index in [0.29, 0.717) is 35.6 Å². The molecule has 0 aliphatic carbocycles. The lowest BCUT2D eigenvalue weighted by Crippen LogP contribution is -2.19. The van der Waals surface area contributed by atoms with Crippen molar-refractivity contribution in [2.24, 2.45) is 5.92 Å². The van der Waals surface area contributed by atoms with Crippen molar-refractivity contribution >= 4 is 11.6 Å². The Labute approximate surface area is 126 Å². The summed E-state index contributed by atoms with van der Waals surface area (Å²) in [6.45, 7) is 8.08. The Hall–Kier alpha value is -1.37. The van der Waals surface area contributed by atoms with E-state index >= 15 is 0 Å². The van der Waals surface area contributed by atoms with E-state index in [0.717, 1.165) is 12.1 Å². The Morgan fingerprint density at radius 3 is 2.70 bits per heavy atom. The van der Waals surface area contributed by atoms with Crippen molar-refractivity contribution < 1.29 is 9.47 Å². The van der Waals surface area contributed by atoms with Gasteiger partial charge in [0.1, 0.15) is 6.61 Å². The van der Waals surface area contributed by atoms with Crippen LogP contribution in [0.2, 0.25) is 5.02 Å². The highest BCUT2D eigenvalue weighted by molar-refractivity contribution is 6.30. The molecule has 0 aliphatic heterocycles. The minimum Gasteiger partial charge on any atom is -0.493 e. The Kier molecular flexibility index (Phi) is 7.28. The van der Waals surface area contributed by atoms with Gasteiger partial charge < -0.3 is 14.8 Å². The van der Waals surface area contributed by atoms with Crippen molar-refractivity contribution in [1.82, 2.24) is 5.32 Å². The smallest absolute Gasteiger partial charge is 0.167 e. The lowest BCUT2D eigenvalue weighted by Gasteiger charge is -2.15. The summed E-state index contributed by atoms with van der Waals surface area (Å²) >= 11 is 6.11. The zero-order valence-electron chi connectivity index (χ0n) is 12.5. The third kappa shape index (κ3) is 5.32. The van der Waals surface area contributed by atoms with Crippen molar-refractivity contribution in [2.45, 2.75) is 27.3 Å². The third-order valence-electron chi connectivity index (χ3n) is 2.65. The van der Waals surface area contributed by atoms with Crippen molar-refractivity contribution in [3.63, 3.8) is 0 Å². The molecule has 1 N–H and O–H groups in total. The van der Waals surface area contributed by atoms with Crippen molar-refractivity contribution in [3.8, 4) is 23.3 Å². The first-order chi connectivity index (χ1) is 9.58. The molecule has 3 nitrogen and oxygen atoms in total. The number of hydrogen-bond acceptors (Lipinski definition) is 3. The number of halogens is 1. The first-order valence-corrected chi connectivity index (χ1v) is 7.05. The number of methoxy groups -OCH3 is 1. The van der Waals surface area contributed by atoms with Crippen molar-refractivity contribution in [3.05, 3.63) is 22.7 Å². The molecule has 110 valence electrons. The Bertz CT molecular complexity index is 489. The van der Waals surface area contributed by atoms with Crippen LogP contribution in [0.4, 0.5) is 0 Å². The van der Waals surface area contributed by atoms with Crippen LogP contribution in [0, 0.1) is 17.8 Å². The molecule has 0 radical (unpaired) electrons. The summed E-state index contributed by atoms with van der Waals surface area (Å²) in [6.07, 6.45) is 0. The van der Waals surface area contributed by atoms with Gasteiger partial charge in [-0.1, -0.05) is 31.4 Å². The van der Waals surface area contributed by atoms with Crippen LogP contribution in [-0.4, -0.2) is 20.3 Å². The Morgan fingerprint density at radius 2 is 2.10 bits per heavy atom. The maximum absolute atomic E-state index is 6.11. The fourth-order valence-corrected chi connectivity index (χ4v) is 1.98. The first kappa shape index (κ1) is 16.7. The third-order valence-corrected chi connectivity index (χ3v) is 2.87. The lowest BCUT2D eigenvalue weighted by atomic mass is 10.1. The van der Waals surface area contributed by atoms with Gasteiger partial charge in [-0.3, -0.25) is 0 Å². The highest BCUT2D eigenvalue weighted by Gasteiger charge is 2.12. The van der Waals surface area contributed by atoms with Crippen LogP contribution >= 0.6 is 11.6 Å². The van der Waals surface area contributed by atoms with E-state index in [4.69, 9.17) is 21.1 Å². The average molecular weight is 296 g/mol. The van der Waals surface area contributed by atoms with Gasteiger partial charge in [0.2, 0.25) is 0 Å². The van der Waals surface area contributed by atoms with Crippen LogP contribution < -0.4 is 14.8 Å². The van der Waals surface area contributed by atoms with E-state index in [1.165, 1.54) is 0 Å². The maximum Gasteiger partial charge on any atom is 0.167 e. The second-order valence-electron chi connectivity index (χ2n) is 4.84. The summed E-state index contributed by atoms with van der Waals surface area (Å²) in [6, 6.07) is 3.65. The highest BCUT2D eigenvalue weighted by Crippen LogP contribution is 2.34. The SMILES string of the molecule is CC#CCOc1c(CNCC(C)C)cc(Cl)cc1OC. The lowest BCUT2D eigenvalue weighted by molar-refractivity contribution is 0.326. The largest absolute Gasteiger partial charge is 0.493 e. The van der Waals surface area contributed by atoms with E-state index < -0.39 is 0 Å². The summed E-state index contributed by atoms with van der Waals surface area (Å²) in [5, 5.41) is 4.02. The van der Waals surface area contributed by atoms with Crippen molar-refractivity contribution in [2.75, 3.05) is 20.3 Å². The molecule has 1 aromatic carbocycles. The number of hydrogen-bond donors (Lipinski definition) is 1. The number of rotatable bonds is 7. The second kappa shape index (κ2) is 8.73. The molecule has 4 heteroatoms. The molecule has 20 heavy (non-hydrogen) atoms. The summed E-state index contributed by atoms with van der Waals surface area (Å²) in [5.74, 6) is 7.62. The minimum absolute atomic E-state index is 0.339. The zero-order chi connectivity index (χ0) is 15.0. The van der Waals surface area contributed by atoms with Crippen LogP contribution in [0.5, 0.6) is 11.5 Å². The van der Waals surface area contributed by atoms with Gasteiger partial charge in [-0.05, 0) is 25.5 Å². The monoisotopic (exact) mass is 295 g/mol. The zero-order valence-corrected chi connectivity index (χ0v) is 13.3. The average Bonchev–Trinajstić information content (AvgIpc) is 2.40. The van der Waals surface area contributed by atoms with Crippen LogP contribution in [0.3, 0.4) is 0 Å². The van der Waals surface area contributed by atoms with Crippen LogP contribution in [0.15, 0.2) is 12.1 Å². The van der Waals surface area contributed by atoms with Gasteiger partial charge in [0.05, 0.1) is 7.11 Å². The molecule has 0 bridgehead atoms. The summed E-state index contributed by atoms with van der Waals surface area (Å²) < 4.78 is 11.1. The van der Waals surface area contributed by atoms with E-state index in [1.54, 1.807) is 20.1 Å². The predicted molar refractivity (Wildman–Crippen MR) is 83.5 cm³/mol. The molecule has 1 rings (SSSR count). The van der Waals surface area contributed by atoms with Gasteiger partial charge in [-0.25, -0.2) is 0 Å².